The van der Waals surface area contributed by atoms with Gasteiger partial charge in [0.15, 0.2) is 0 Å². The van der Waals surface area contributed by atoms with E-state index >= 15 is 4.39 Å². The van der Waals surface area contributed by atoms with Gasteiger partial charge in [-0.2, -0.15) is 35.1 Å². The maximum absolute atomic E-state index is 15.1. The molecule has 1 unspecified atom stereocenters. The van der Waals surface area contributed by atoms with E-state index < -0.39 is 35.1 Å². The van der Waals surface area contributed by atoms with Crippen LogP contribution in [0.2, 0.25) is 5.02 Å². The molecule has 0 saturated heterocycles. The molecule has 153 valence electrons. The van der Waals surface area contributed by atoms with Crippen LogP contribution in [0.3, 0.4) is 0 Å². The van der Waals surface area contributed by atoms with E-state index in [2.05, 4.69) is 6.07 Å². The van der Waals surface area contributed by atoms with Gasteiger partial charge in [0.05, 0.1) is 0 Å². The topological polar surface area (TPSA) is 0 Å². The lowest BCUT2D eigenvalue weighted by Gasteiger charge is -2.37. The van der Waals surface area contributed by atoms with Gasteiger partial charge in [-0.1, -0.05) is 29.8 Å². The molecule has 2 aromatic carbocycles. The lowest BCUT2D eigenvalue weighted by molar-refractivity contribution is -0.389. The average molecular weight is 434 g/mol. The van der Waals surface area contributed by atoms with Crippen LogP contribution in [0.15, 0.2) is 30.3 Å². The Bertz CT molecular complexity index is 866. The summed E-state index contributed by atoms with van der Waals surface area (Å²) in [5.41, 5.74) is -9.35. The Balaban J connectivity index is 2.98. The van der Waals surface area contributed by atoms with Gasteiger partial charge < -0.3 is 0 Å². The highest BCUT2D eigenvalue weighted by atomic mass is 35.5. The number of halogens is 10. The van der Waals surface area contributed by atoms with Crippen molar-refractivity contribution in [3.63, 3.8) is 0 Å². The molecular weight excluding hydrogens is 423 g/mol. The molecule has 0 aliphatic carbocycles. The number of benzene rings is 2. The van der Waals surface area contributed by atoms with Crippen LogP contribution in [-0.4, -0.2) is 18.3 Å². The number of hydrogen-bond donors (Lipinski definition) is 0. The molecule has 0 nitrogen and oxygen atoms in total. The van der Waals surface area contributed by atoms with Crippen molar-refractivity contribution in [3.05, 3.63) is 58.1 Å². The molecule has 1 radical (unpaired) electrons. The van der Waals surface area contributed by atoms with Crippen LogP contribution in [0.25, 0.3) is 11.1 Å². The fourth-order valence-corrected chi connectivity index (χ4v) is 2.97. The number of aryl methyl sites for hydroxylation is 2. The van der Waals surface area contributed by atoms with Crippen molar-refractivity contribution in [2.24, 2.45) is 0 Å². The summed E-state index contributed by atoms with van der Waals surface area (Å²) in [6.45, 7) is 2.23. The second kappa shape index (κ2) is 6.86. The van der Waals surface area contributed by atoms with Gasteiger partial charge in [0.1, 0.15) is 0 Å². The predicted molar refractivity (Wildman–Crippen MR) is 85.0 cm³/mol. The quantitative estimate of drug-likeness (QED) is 0.444. The van der Waals surface area contributed by atoms with E-state index in [1.165, 1.54) is 12.1 Å². The van der Waals surface area contributed by atoms with Gasteiger partial charge in [-0.15, -0.1) is 0 Å². The van der Waals surface area contributed by atoms with Gasteiger partial charge in [0.25, 0.3) is 0 Å². The zero-order valence-electron chi connectivity index (χ0n) is 14.2. The van der Waals surface area contributed by atoms with Gasteiger partial charge in [-0.25, -0.2) is 4.39 Å². The van der Waals surface area contributed by atoms with Crippen molar-refractivity contribution in [2.75, 3.05) is 0 Å². The molecule has 0 aliphatic heterocycles. The Morgan fingerprint density at radius 3 is 1.71 bits per heavy atom. The van der Waals surface area contributed by atoms with Gasteiger partial charge >= 0.3 is 23.9 Å². The Hall–Kier alpha value is -1.90. The third kappa shape index (κ3) is 3.44. The molecule has 2 rings (SSSR count). The van der Waals surface area contributed by atoms with Crippen molar-refractivity contribution >= 4 is 11.6 Å². The van der Waals surface area contributed by atoms with Gasteiger partial charge in [-0.3, -0.25) is 0 Å². The molecule has 0 aromatic heterocycles. The Morgan fingerprint density at radius 1 is 0.786 bits per heavy atom. The highest BCUT2D eigenvalue weighted by molar-refractivity contribution is 6.30. The Kier molecular flexibility index (Phi) is 5.49. The van der Waals surface area contributed by atoms with Crippen LogP contribution in [0, 0.1) is 19.9 Å². The van der Waals surface area contributed by atoms with Gasteiger partial charge in [0, 0.05) is 10.6 Å². The zero-order valence-corrected chi connectivity index (χ0v) is 14.9. The molecule has 0 fully saturated rings. The standard InChI is InChI=1S/C18H11ClF9/c1-9-7-10(2)14(11-3-5-12(19)6-4-11)13(8-9)15(20,17(23,24)25)16(21,22)18(26,27)28/h3-6,8H,1-2H3. The van der Waals surface area contributed by atoms with E-state index in [1.54, 1.807) is 0 Å². The summed E-state index contributed by atoms with van der Waals surface area (Å²) in [7, 11) is 0. The van der Waals surface area contributed by atoms with E-state index in [4.69, 9.17) is 11.6 Å². The molecule has 1 atom stereocenters. The molecule has 0 heterocycles. The minimum atomic E-state index is -6.80. The third-order valence-electron chi connectivity index (χ3n) is 4.07. The monoisotopic (exact) mass is 433 g/mol. The first-order valence-electron chi connectivity index (χ1n) is 7.54. The molecule has 0 spiro atoms. The maximum Gasteiger partial charge on any atom is 0.457 e. The Morgan fingerprint density at radius 2 is 1.29 bits per heavy atom. The number of hydrogen-bond acceptors (Lipinski definition) is 0. The van der Waals surface area contributed by atoms with Crippen LogP contribution in [-0.2, 0) is 5.67 Å². The number of alkyl halides is 9. The van der Waals surface area contributed by atoms with Crippen molar-refractivity contribution in [1.29, 1.82) is 0 Å². The second-order valence-corrected chi connectivity index (χ2v) is 6.54. The van der Waals surface area contributed by atoms with Crippen LogP contribution < -0.4 is 0 Å². The summed E-state index contributed by atoms with van der Waals surface area (Å²) < 4.78 is 122. The van der Waals surface area contributed by atoms with Crippen molar-refractivity contribution in [1.82, 2.24) is 0 Å². The molecule has 0 saturated carbocycles. The zero-order chi connectivity index (χ0) is 21.7. The summed E-state index contributed by atoms with van der Waals surface area (Å²) in [4.78, 5) is 0. The van der Waals surface area contributed by atoms with Crippen LogP contribution in [0.5, 0.6) is 0 Å². The summed E-state index contributed by atoms with van der Waals surface area (Å²) >= 11 is 5.67. The molecule has 0 N–H and O–H groups in total. The first-order chi connectivity index (χ1) is 12.5. The minimum Gasteiger partial charge on any atom is -0.221 e. The van der Waals surface area contributed by atoms with Crippen LogP contribution >= 0.6 is 11.6 Å². The van der Waals surface area contributed by atoms with Crippen LogP contribution in [0.4, 0.5) is 39.5 Å². The highest BCUT2D eigenvalue weighted by Gasteiger charge is 2.82. The highest BCUT2D eigenvalue weighted by Crippen LogP contribution is 2.60. The first kappa shape index (κ1) is 22.4. The van der Waals surface area contributed by atoms with E-state index in [0.717, 1.165) is 26.0 Å². The summed E-state index contributed by atoms with van der Waals surface area (Å²) in [6, 6.07) is 7.33. The molecule has 0 aliphatic rings. The van der Waals surface area contributed by atoms with E-state index in [0.29, 0.717) is 6.07 Å². The fourth-order valence-electron chi connectivity index (χ4n) is 2.84. The van der Waals surface area contributed by atoms with Crippen molar-refractivity contribution in [2.45, 2.75) is 37.8 Å². The van der Waals surface area contributed by atoms with Crippen molar-refractivity contribution in [3.8, 4) is 11.1 Å². The molecular formula is C18H11ClF9. The largest absolute Gasteiger partial charge is 0.457 e. The second-order valence-electron chi connectivity index (χ2n) is 6.10. The SMILES string of the molecule is Cc1[c]c(C)c(-c2ccc(Cl)cc2)c(C(F)(C(F)(F)F)C(F)(F)C(F)(F)F)c1. The number of rotatable bonds is 3. The summed E-state index contributed by atoms with van der Waals surface area (Å²) in [5, 5.41) is 0.127. The van der Waals surface area contributed by atoms with Crippen LogP contribution in [0.1, 0.15) is 16.7 Å². The smallest absolute Gasteiger partial charge is 0.221 e. The van der Waals surface area contributed by atoms with E-state index in [1.807, 2.05) is 0 Å². The predicted octanol–water partition coefficient (Wildman–Crippen LogP) is 7.35. The average Bonchev–Trinajstić information content (AvgIpc) is 2.52. The fraction of sp³-hybridized carbons (Fsp3) is 0.333. The lowest BCUT2D eigenvalue weighted by Crippen LogP contribution is -2.60. The normalized spacial score (nSPS) is 15.4. The van der Waals surface area contributed by atoms with Gasteiger partial charge in [-0.05, 0) is 54.3 Å². The van der Waals surface area contributed by atoms with E-state index in [-0.39, 0.29) is 21.7 Å². The molecule has 0 amide bonds. The van der Waals surface area contributed by atoms with E-state index in [9.17, 15) is 35.1 Å². The maximum atomic E-state index is 15.1. The lowest BCUT2D eigenvalue weighted by atomic mass is 9.80. The molecule has 10 heteroatoms. The molecule has 0 bridgehead atoms. The first-order valence-corrected chi connectivity index (χ1v) is 7.92. The van der Waals surface area contributed by atoms with Crippen molar-refractivity contribution < 1.29 is 39.5 Å². The molecule has 28 heavy (non-hydrogen) atoms. The summed E-state index contributed by atoms with van der Waals surface area (Å²) in [5.74, 6) is -6.75. The third-order valence-corrected chi connectivity index (χ3v) is 4.33. The minimum absolute atomic E-state index is 0.127. The van der Waals surface area contributed by atoms with Gasteiger partial charge in [0.2, 0.25) is 0 Å². The summed E-state index contributed by atoms with van der Waals surface area (Å²) in [6.07, 6.45) is -13.4. The molecule has 2 aromatic rings. The Labute approximate surface area is 158 Å².